The SMILES string of the molecule is CCOC(=O)c1cc(-c2ccc(N3CCCCC3)cc2)c2c(C)nn(-c3ccccc3)c2n1. The Bertz CT molecular complexity index is 1270. The van der Waals surface area contributed by atoms with Crippen molar-refractivity contribution in [2.75, 3.05) is 24.6 Å². The van der Waals surface area contributed by atoms with Crippen molar-refractivity contribution in [2.24, 2.45) is 0 Å². The number of fused-ring (bicyclic) bond motifs is 1. The summed E-state index contributed by atoms with van der Waals surface area (Å²) >= 11 is 0. The fourth-order valence-corrected chi connectivity index (χ4v) is 4.58. The number of aromatic nitrogens is 3. The molecule has 0 amide bonds. The summed E-state index contributed by atoms with van der Waals surface area (Å²) in [5.74, 6) is -0.427. The zero-order valence-corrected chi connectivity index (χ0v) is 19.1. The van der Waals surface area contributed by atoms with Crippen molar-refractivity contribution in [2.45, 2.75) is 33.1 Å². The van der Waals surface area contributed by atoms with Gasteiger partial charge in [0.1, 0.15) is 0 Å². The molecule has 0 atom stereocenters. The van der Waals surface area contributed by atoms with Gasteiger partial charge in [0, 0.05) is 18.8 Å². The van der Waals surface area contributed by atoms with E-state index < -0.39 is 5.97 Å². The van der Waals surface area contributed by atoms with Crippen LogP contribution in [0, 0.1) is 6.92 Å². The number of carbonyl (C=O) groups is 1. The summed E-state index contributed by atoms with van der Waals surface area (Å²) in [5.41, 5.74) is 5.92. The molecule has 4 aromatic rings. The van der Waals surface area contributed by atoms with Crippen LogP contribution in [-0.2, 0) is 4.74 Å². The Morgan fingerprint density at radius 1 is 0.970 bits per heavy atom. The van der Waals surface area contributed by atoms with Crippen LogP contribution in [-0.4, -0.2) is 40.4 Å². The first-order valence-electron chi connectivity index (χ1n) is 11.6. The average Bonchev–Trinajstić information content (AvgIpc) is 3.21. The molecule has 0 spiro atoms. The van der Waals surface area contributed by atoms with Crippen LogP contribution in [0.1, 0.15) is 42.4 Å². The maximum absolute atomic E-state index is 12.7. The minimum Gasteiger partial charge on any atom is -0.461 e. The molecule has 0 unspecified atom stereocenters. The highest BCUT2D eigenvalue weighted by molar-refractivity contribution is 6.00. The van der Waals surface area contributed by atoms with Gasteiger partial charge in [-0.25, -0.2) is 14.5 Å². The summed E-state index contributed by atoms with van der Waals surface area (Å²) < 4.78 is 7.09. The number of piperidine rings is 1. The molecule has 33 heavy (non-hydrogen) atoms. The summed E-state index contributed by atoms with van der Waals surface area (Å²) in [6.45, 7) is 6.30. The summed E-state index contributed by atoms with van der Waals surface area (Å²) in [7, 11) is 0. The number of nitrogens with zero attached hydrogens (tertiary/aromatic N) is 4. The van der Waals surface area contributed by atoms with Gasteiger partial charge in [0.05, 0.1) is 23.4 Å². The first kappa shape index (κ1) is 21.2. The fourth-order valence-electron chi connectivity index (χ4n) is 4.58. The summed E-state index contributed by atoms with van der Waals surface area (Å²) in [4.78, 5) is 19.8. The molecule has 0 radical (unpaired) electrons. The Balaban J connectivity index is 1.65. The number of esters is 1. The number of hydrogen-bond acceptors (Lipinski definition) is 5. The normalized spacial score (nSPS) is 13.9. The number of aryl methyl sites for hydroxylation is 1. The molecule has 1 aliphatic heterocycles. The maximum atomic E-state index is 12.7. The third kappa shape index (κ3) is 4.09. The number of pyridine rings is 1. The quantitative estimate of drug-likeness (QED) is 0.380. The maximum Gasteiger partial charge on any atom is 0.357 e. The number of anilines is 1. The number of benzene rings is 2. The lowest BCUT2D eigenvalue weighted by Gasteiger charge is -2.28. The van der Waals surface area contributed by atoms with E-state index in [-0.39, 0.29) is 5.69 Å². The Morgan fingerprint density at radius 2 is 1.70 bits per heavy atom. The molecule has 6 heteroatoms. The highest BCUT2D eigenvalue weighted by Crippen LogP contribution is 2.34. The van der Waals surface area contributed by atoms with Crippen molar-refractivity contribution in [3.8, 4) is 16.8 Å². The van der Waals surface area contributed by atoms with Gasteiger partial charge in [-0.1, -0.05) is 30.3 Å². The second-order valence-corrected chi connectivity index (χ2v) is 8.40. The largest absolute Gasteiger partial charge is 0.461 e. The van der Waals surface area contributed by atoms with Crippen molar-refractivity contribution >= 4 is 22.7 Å². The van der Waals surface area contributed by atoms with E-state index >= 15 is 0 Å². The van der Waals surface area contributed by atoms with Gasteiger partial charge in [0.15, 0.2) is 11.3 Å². The first-order chi connectivity index (χ1) is 16.2. The van der Waals surface area contributed by atoms with E-state index in [1.807, 2.05) is 43.3 Å². The van der Waals surface area contributed by atoms with Gasteiger partial charge in [-0.3, -0.25) is 0 Å². The summed E-state index contributed by atoms with van der Waals surface area (Å²) in [5, 5.41) is 5.72. The third-order valence-electron chi connectivity index (χ3n) is 6.20. The van der Waals surface area contributed by atoms with E-state index in [0.29, 0.717) is 12.3 Å². The number of hydrogen-bond donors (Lipinski definition) is 0. The van der Waals surface area contributed by atoms with Gasteiger partial charge < -0.3 is 9.64 Å². The summed E-state index contributed by atoms with van der Waals surface area (Å²) in [6, 6.07) is 20.3. The number of para-hydroxylation sites is 1. The lowest BCUT2D eigenvalue weighted by atomic mass is 10.00. The third-order valence-corrected chi connectivity index (χ3v) is 6.20. The van der Waals surface area contributed by atoms with Gasteiger partial charge >= 0.3 is 5.97 Å². The van der Waals surface area contributed by atoms with Crippen molar-refractivity contribution in [3.05, 3.63) is 72.1 Å². The minimum atomic E-state index is -0.427. The molecule has 0 bridgehead atoms. The van der Waals surface area contributed by atoms with Crippen LogP contribution >= 0.6 is 0 Å². The number of rotatable bonds is 5. The van der Waals surface area contributed by atoms with Crippen LogP contribution < -0.4 is 4.90 Å². The second-order valence-electron chi connectivity index (χ2n) is 8.40. The van der Waals surface area contributed by atoms with Gasteiger partial charge in [-0.2, -0.15) is 5.10 Å². The molecule has 5 rings (SSSR count). The Labute approximate surface area is 193 Å². The molecule has 0 aliphatic carbocycles. The number of carbonyl (C=O) groups excluding carboxylic acids is 1. The second kappa shape index (κ2) is 9.06. The molecule has 1 saturated heterocycles. The van der Waals surface area contributed by atoms with Crippen LogP contribution in [0.25, 0.3) is 27.8 Å². The van der Waals surface area contributed by atoms with E-state index in [4.69, 9.17) is 9.84 Å². The average molecular weight is 441 g/mol. The van der Waals surface area contributed by atoms with Crippen molar-refractivity contribution in [1.29, 1.82) is 0 Å². The van der Waals surface area contributed by atoms with E-state index in [9.17, 15) is 4.79 Å². The Kier molecular flexibility index (Phi) is 5.82. The van der Waals surface area contributed by atoms with Crippen molar-refractivity contribution in [3.63, 3.8) is 0 Å². The highest BCUT2D eigenvalue weighted by atomic mass is 16.5. The van der Waals surface area contributed by atoms with Crippen molar-refractivity contribution in [1.82, 2.24) is 14.8 Å². The summed E-state index contributed by atoms with van der Waals surface area (Å²) in [6.07, 6.45) is 3.80. The molecule has 2 aromatic carbocycles. The monoisotopic (exact) mass is 440 g/mol. The van der Waals surface area contributed by atoms with Crippen molar-refractivity contribution < 1.29 is 9.53 Å². The first-order valence-corrected chi connectivity index (χ1v) is 11.6. The topological polar surface area (TPSA) is 60.2 Å². The standard InChI is InChI=1S/C27H28N4O2/c1-3-33-27(32)24-18-23(20-12-14-21(15-13-20)30-16-8-5-9-17-30)25-19(2)29-31(26(25)28-24)22-10-6-4-7-11-22/h4,6-7,10-15,18H,3,5,8-9,16-17H2,1-2H3. The smallest absolute Gasteiger partial charge is 0.357 e. The molecule has 3 heterocycles. The van der Waals surface area contributed by atoms with Crippen LogP contribution in [0.4, 0.5) is 5.69 Å². The van der Waals surface area contributed by atoms with E-state index in [1.54, 1.807) is 11.6 Å². The zero-order chi connectivity index (χ0) is 22.8. The van der Waals surface area contributed by atoms with Gasteiger partial charge in [0.25, 0.3) is 0 Å². The lowest BCUT2D eigenvalue weighted by Crippen LogP contribution is -2.29. The molecule has 0 saturated carbocycles. The van der Waals surface area contributed by atoms with Crippen LogP contribution in [0.2, 0.25) is 0 Å². The molecular weight excluding hydrogens is 412 g/mol. The molecule has 1 aliphatic rings. The predicted molar refractivity (Wildman–Crippen MR) is 131 cm³/mol. The molecule has 6 nitrogen and oxygen atoms in total. The number of ether oxygens (including phenoxy) is 1. The molecule has 168 valence electrons. The van der Waals surface area contributed by atoms with Gasteiger partial charge in [-0.05, 0) is 74.6 Å². The Hall–Kier alpha value is -3.67. The van der Waals surface area contributed by atoms with E-state index in [1.165, 1.54) is 24.9 Å². The molecule has 0 N–H and O–H groups in total. The zero-order valence-electron chi connectivity index (χ0n) is 19.1. The van der Waals surface area contributed by atoms with E-state index in [2.05, 4.69) is 34.1 Å². The predicted octanol–water partition coefficient (Wildman–Crippen LogP) is 5.56. The Morgan fingerprint density at radius 3 is 2.39 bits per heavy atom. The van der Waals surface area contributed by atoms with Gasteiger partial charge in [-0.15, -0.1) is 0 Å². The highest BCUT2D eigenvalue weighted by Gasteiger charge is 2.21. The lowest BCUT2D eigenvalue weighted by molar-refractivity contribution is 0.0520. The van der Waals surface area contributed by atoms with Crippen LogP contribution in [0.15, 0.2) is 60.7 Å². The fraction of sp³-hybridized carbons (Fsp3) is 0.296. The minimum absolute atomic E-state index is 0.288. The molecule has 2 aromatic heterocycles. The van der Waals surface area contributed by atoms with E-state index in [0.717, 1.165) is 41.0 Å². The molecular formula is C27H28N4O2. The van der Waals surface area contributed by atoms with Crippen LogP contribution in [0.3, 0.4) is 0 Å². The van der Waals surface area contributed by atoms with Crippen LogP contribution in [0.5, 0.6) is 0 Å². The molecule has 1 fully saturated rings. The van der Waals surface area contributed by atoms with Gasteiger partial charge in [0.2, 0.25) is 0 Å².